The lowest BCUT2D eigenvalue weighted by Crippen LogP contribution is -2.08. The van der Waals surface area contributed by atoms with Gasteiger partial charge in [-0.2, -0.15) is 4.68 Å². The summed E-state index contributed by atoms with van der Waals surface area (Å²) in [7, 11) is 0. The van der Waals surface area contributed by atoms with E-state index in [0.29, 0.717) is 21.9 Å². The summed E-state index contributed by atoms with van der Waals surface area (Å²) in [6.45, 7) is 0. The highest BCUT2D eigenvalue weighted by Gasteiger charge is 2.31. The van der Waals surface area contributed by atoms with Crippen molar-refractivity contribution in [2.24, 2.45) is 0 Å². The summed E-state index contributed by atoms with van der Waals surface area (Å²) in [6.07, 6.45) is 5.23. The molecule has 3 heterocycles. The first-order chi connectivity index (χ1) is 10.1. The number of pyridine rings is 1. The van der Waals surface area contributed by atoms with Gasteiger partial charge in [0.05, 0.1) is 11.8 Å². The van der Waals surface area contributed by atoms with Crippen molar-refractivity contribution in [3.05, 3.63) is 34.5 Å². The SMILES string of the molecule is O=C(O)c1cc(-n2nnnc2C2CC2)c2ncc(Br)n2c1. The second-order valence-corrected chi connectivity index (χ2v) is 5.73. The van der Waals surface area contributed by atoms with E-state index in [-0.39, 0.29) is 5.56 Å². The third-order valence-electron chi connectivity index (χ3n) is 3.45. The molecule has 106 valence electrons. The molecule has 4 rings (SSSR count). The quantitative estimate of drug-likeness (QED) is 0.772. The fourth-order valence-corrected chi connectivity index (χ4v) is 2.65. The molecule has 0 aromatic carbocycles. The highest BCUT2D eigenvalue weighted by atomic mass is 79.9. The van der Waals surface area contributed by atoms with Gasteiger partial charge in [0.2, 0.25) is 0 Å². The molecule has 3 aromatic heterocycles. The van der Waals surface area contributed by atoms with E-state index in [1.54, 1.807) is 21.3 Å². The molecule has 0 unspecified atom stereocenters. The number of aromatic nitrogens is 6. The molecular weight excluding hydrogens is 340 g/mol. The summed E-state index contributed by atoms with van der Waals surface area (Å²) in [5.74, 6) is 0.0743. The van der Waals surface area contributed by atoms with Gasteiger partial charge in [0.1, 0.15) is 10.3 Å². The highest BCUT2D eigenvalue weighted by Crippen LogP contribution is 2.39. The number of imidazole rings is 1. The van der Waals surface area contributed by atoms with E-state index in [1.807, 2.05) is 0 Å². The minimum Gasteiger partial charge on any atom is -0.478 e. The van der Waals surface area contributed by atoms with Crippen LogP contribution in [0.15, 0.2) is 23.1 Å². The van der Waals surface area contributed by atoms with E-state index >= 15 is 0 Å². The topological polar surface area (TPSA) is 98.2 Å². The molecule has 3 aromatic rings. The zero-order valence-corrected chi connectivity index (χ0v) is 12.2. The van der Waals surface area contributed by atoms with Crippen LogP contribution in [0.3, 0.4) is 0 Å². The average Bonchev–Trinajstić information content (AvgIpc) is 3.08. The summed E-state index contributed by atoms with van der Waals surface area (Å²) in [4.78, 5) is 15.6. The standard InChI is InChI=1S/C12H9BrN6O2/c13-9-4-14-11-8(3-7(12(20)21)5-18(9)11)19-10(6-1-2-6)15-16-17-19/h3-6H,1-2H2,(H,20,21). The van der Waals surface area contributed by atoms with Crippen LogP contribution in [0, 0.1) is 0 Å². The Labute approximate surface area is 126 Å². The Morgan fingerprint density at radius 3 is 2.95 bits per heavy atom. The van der Waals surface area contributed by atoms with Crippen LogP contribution in [0.25, 0.3) is 11.3 Å². The monoisotopic (exact) mass is 348 g/mol. The predicted molar refractivity (Wildman–Crippen MR) is 74.5 cm³/mol. The summed E-state index contributed by atoms with van der Waals surface area (Å²) in [5.41, 5.74) is 1.31. The summed E-state index contributed by atoms with van der Waals surface area (Å²) in [6, 6.07) is 1.54. The lowest BCUT2D eigenvalue weighted by Gasteiger charge is -2.07. The fourth-order valence-electron chi connectivity index (χ4n) is 2.28. The van der Waals surface area contributed by atoms with Crippen molar-refractivity contribution in [2.75, 3.05) is 0 Å². The summed E-state index contributed by atoms with van der Waals surface area (Å²) < 4.78 is 3.92. The Balaban J connectivity index is 2.02. The largest absolute Gasteiger partial charge is 0.478 e. The number of tetrazole rings is 1. The van der Waals surface area contributed by atoms with Gasteiger partial charge in [-0.25, -0.2) is 9.78 Å². The van der Waals surface area contributed by atoms with Crippen LogP contribution in [-0.4, -0.2) is 40.7 Å². The normalized spacial score (nSPS) is 14.7. The third-order valence-corrected chi connectivity index (χ3v) is 4.04. The molecule has 1 saturated carbocycles. The number of carbonyl (C=O) groups is 1. The summed E-state index contributed by atoms with van der Waals surface area (Å²) >= 11 is 3.35. The third kappa shape index (κ3) is 1.92. The van der Waals surface area contributed by atoms with Gasteiger partial charge in [0.15, 0.2) is 11.5 Å². The first-order valence-electron chi connectivity index (χ1n) is 6.33. The molecule has 1 aliphatic rings. The second kappa shape index (κ2) is 4.35. The van der Waals surface area contributed by atoms with Gasteiger partial charge in [0, 0.05) is 12.1 Å². The number of hydrogen-bond acceptors (Lipinski definition) is 5. The van der Waals surface area contributed by atoms with Gasteiger partial charge in [-0.15, -0.1) is 5.10 Å². The zero-order valence-electron chi connectivity index (χ0n) is 10.6. The highest BCUT2D eigenvalue weighted by molar-refractivity contribution is 9.10. The Hall–Kier alpha value is -2.29. The molecule has 9 heteroatoms. The lowest BCUT2D eigenvalue weighted by molar-refractivity contribution is 0.0696. The van der Waals surface area contributed by atoms with Crippen LogP contribution < -0.4 is 0 Å². The van der Waals surface area contributed by atoms with E-state index < -0.39 is 5.97 Å². The number of fused-ring (bicyclic) bond motifs is 1. The van der Waals surface area contributed by atoms with Crippen LogP contribution in [0.5, 0.6) is 0 Å². The van der Waals surface area contributed by atoms with Crippen LogP contribution >= 0.6 is 15.9 Å². The number of carboxylic acids is 1. The molecule has 0 bridgehead atoms. The van der Waals surface area contributed by atoms with Gasteiger partial charge in [-0.1, -0.05) is 0 Å². The minimum absolute atomic E-state index is 0.147. The van der Waals surface area contributed by atoms with Crippen molar-refractivity contribution in [3.8, 4) is 5.69 Å². The maximum absolute atomic E-state index is 11.3. The van der Waals surface area contributed by atoms with E-state index in [9.17, 15) is 9.90 Å². The first-order valence-corrected chi connectivity index (χ1v) is 7.13. The van der Waals surface area contributed by atoms with Crippen LogP contribution in [0.4, 0.5) is 0 Å². The van der Waals surface area contributed by atoms with Crippen molar-refractivity contribution >= 4 is 27.5 Å². The maximum atomic E-state index is 11.3. The van der Waals surface area contributed by atoms with E-state index in [4.69, 9.17) is 0 Å². The molecule has 1 aliphatic carbocycles. The molecule has 0 saturated heterocycles. The smallest absolute Gasteiger partial charge is 0.337 e. The molecule has 1 fully saturated rings. The number of carboxylic acid groups (broad SMARTS) is 1. The molecule has 0 aliphatic heterocycles. The van der Waals surface area contributed by atoms with Crippen LogP contribution in [0.2, 0.25) is 0 Å². The van der Waals surface area contributed by atoms with Gasteiger partial charge in [-0.3, -0.25) is 4.40 Å². The van der Waals surface area contributed by atoms with Gasteiger partial charge in [0.25, 0.3) is 0 Å². The number of halogens is 1. The number of hydrogen-bond donors (Lipinski definition) is 1. The average molecular weight is 349 g/mol. The molecule has 0 atom stereocenters. The van der Waals surface area contributed by atoms with Crippen molar-refractivity contribution in [1.82, 2.24) is 29.6 Å². The number of aromatic carboxylic acids is 1. The maximum Gasteiger partial charge on any atom is 0.337 e. The Bertz CT molecular complexity index is 866. The lowest BCUT2D eigenvalue weighted by atomic mass is 10.2. The van der Waals surface area contributed by atoms with Crippen molar-refractivity contribution in [3.63, 3.8) is 0 Å². The van der Waals surface area contributed by atoms with Gasteiger partial charge >= 0.3 is 5.97 Å². The Kier molecular flexibility index (Phi) is 2.58. The molecule has 8 nitrogen and oxygen atoms in total. The van der Waals surface area contributed by atoms with E-state index in [1.165, 1.54) is 6.20 Å². The second-order valence-electron chi connectivity index (χ2n) is 4.92. The molecule has 0 radical (unpaired) electrons. The molecule has 21 heavy (non-hydrogen) atoms. The van der Waals surface area contributed by atoms with Crippen molar-refractivity contribution in [2.45, 2.75) is 18.8 Å². The fraction of sp³-hybridized carbons (Fsp3) is 0.250. The number of nitrogens with zero attached hydrogens (tertiary/aromatic N) is 6. The molecule has 0 amide bonds. The van der Waals surface area contributed by atoms with E-state index in [0.717, 1.165) is 18.7 Å². The van der Waals surface area contributed by atoms with Crippen molar-refractivity contribution in [1.29, 1.82) is 0 Å². The van der Waals surface area contributed by atoms with Gasteiger partial charge in [-0.05, 0) is 45.3 Å². The number of rotatable bonds is 3. The molecule has 0 spiro atoms. The molecular formula is C12H9BrN6O2. The van der Waals surface area contributed by atoms with Crippen molar-refractivity contribution < 1.29 is 9.90 Å². The summed E-state index contributed by atoms with van der Waals surface area (Å²) in [5, 5.41) is 21.0. The molecule has 1 N–H and O–H groups in total. The minimum atomic E-state index is -1.01. The van der Waals surface area contributed by atoms with E-state index in [2.05, 4.69) is 36.4 Å². The Morgan fingerprint density at radius 1 is 1.43 bits per heavy atom. The zero-order chi connectivity index (χ0) is 14.6. The first kappa shape index (κ1) is 12.5. The Morgan fingerprint density at radius 2 is 2.24 bits per heavy atom. The van der Waals surface area contributed by atoms with Crippen LogP contribution in [0.1, 0.15) is 34.9 Å². The van der Waals surface area contributed by atoms with Crippen LogP contribution in [-0.2, 0) is 0 Å². The predicted octanol–water partition coefficient (Wildman–Crippen LogP) is 1.65. The van der Waals surface area contributed by atoms with Gasteiger partial charge < -0.3 is 5.11 Å².